The number of hydrogen-bond acceptors (Lipinski definition) is 0. The largest absolute Gasteiger partial charge is 0.0883 e. The lowest BCUT2D eigenvalue weighted by Gasteiger charge is -2.03. The van der Waals surface area contributed by atoms with Gasteiger partial charge in [-0.2, -0.15) is 0 Å². The van der Waals surface area contributed by atoms with E-state index in [0.29, 0.717) is 0 Å². The van der Waals surface area contributed by atoms with Crippen LogP contribution in [-0.4, -0.2) is 5.33 Å². The van der Waals surface area contributed by atoms with E-state index in [-0.39, 0.29) is 0 Å². The van der Waals surface area contributed by atoms with E-state index >= 15 is 0 Å². The molecule has 0 N–H and O–H groups in total. The number of alkyl halides is 1. The van der Waals surface area contributed by atoms with E-state index in [1.165, 1.54) is 89.9 Å². The number of hydrogen-bond donors (Lipinski definition) is 0. The van der Waals surface area contributed by atoms with Gasteiger partial charge < -0.3 is 0 Å². The average Bonchev–Trinajstić information content (AvgIpc) is 2.44. The van der Waals surface area contributed by atoms with Crippen LogP contribution in [0.25, 0.3) is 0 Å². The van der Waals surface area contributed by atoms with Crippen LogP contribution in [0.2, 0.25) is 0 Å². The van der Waals surface area contributed by atoms with Crippen LogP contribution in [0.3, 0.4) is 0 Å². The van der Waals surface area contributed by atoms with Gasteiger partial charge in [-0.1, -0.05) is 112 Å². The molecule has 0 aromatic carbocycles. The molecular formula is C19H37Br. The highest BCUT2D eigenvalue weighted by atomic mass is 79.9. The van der Waals surface area contributed by atoms with E-state index in [4.69, 9.17) is 0 Å². The summed E-state index contributed by atoms with van der Waals surface area (Å²) in [6, 6.07) is 0. The van der Waals surface area contributed by atoms with Crippen molar-refractivity contribution in [1.82, 2.24) is 0 Å². The quantitative estimate of drug-likeness (QED) is 0.161. The van der Waals surface area contributed by atoms with E-state index in [1.54, 1.807) is 5.57 Å². The molecule has 120 valence electrons. The van der Waals surface area contributed by atoms with Gasteiger partial charge in [0.05, 0.1) is 0 Å². The SMILES string of the molecule is CCCCCCCCCCCCCCC/C(C)=C/CBr. The van der Waals surface area contributed by atoms with Gasteiger partial charge in [-0.05, 0) is 19.8 Å². The van der Waals surface area contributed by atoms with Crippen molar-refractivity contribution in [3.05, 3.63) is 11.6 Å². The number of rotatable bonds is 15. The third-order valence-electron chi connectivity index (χ3n) is 4.10. The van der Waals surface area contributed by atoms with Crippen molar-refractivity contribution < 1.29 is 0 Å². The van der Waals surface area contributed by atoms with E-state index in [1.807, 2.05) is 0 Å². The van der Waals surface area contributed by atoms with Crippen LogP contribution in [0.5, 0.6) is 0 Å². The first-order valence-electron chi connectivity index (χ1n) is 9.02. The molecule has 0 nitrogen and oxygen atoms in total. The summed E-state index contributed by atoms with van der Waals surface area (Å²) >= 11 is 3.45. The van der Waals surface area contributed by atoms with Crippen LogP contribution >= 0.6 is 15.9 Å². The Morgan fingerprint density at radius 3 is 1.50 bits per heavy atom. The van der Waals surface area contributed by atoms with Gasteiger partial charge in [0.1, 0.15) is 0 Å². The van der Waals surface area contributed by atoms with Crippen molar-refractivity contribution >= 4 is 15.9 Å². The zero-order valence-corrected chi connectivity index (χ0v) is 15.6. The lowest BCUT2D eigenvalue weighted by atomic mass is 10.0. The molecule has 0 aliphatic heterocycles. The summed E-state index contributed by atoms with van der Waals surface area (Å²) in [5.74, 6) is 0. The minimum absolute atomic E-state index is 1.01. The lowest BCUT2D eigenvalue weighted by Crippen LogP contribution is -1.84. The Kier molecular flexibility index (Phi) is 17.5. The fourth-order valence-electron chi connectivity index (χ4n) is 2.66. The Hall–Kier alpha value is 0.220. The predicted molar refractivity (Wildman–Crippen MR) is 97.9 cm³/mol. The van der Waals surface area contributed by atoms with Gasteiger partial charge in [0.2, 0.25) is 0 Å². The third kappa shape index (κ3) is 16.3. The van der Waals surface area contributed by atoms with Gasteiger partial charge in [-0.15, -0.1) is 0 Å². The summed E-state index contributed by atoms with van der Waals surface area (Å²) in [4.78, 5) is 0. The van der Waals surface area contributed by atoms with E-state index in [0.717, 1.165) is 5.33 Å². The van der Waals surface area contributed by atoms with Gasteiger partial charge in [-0.3, -0.25) is 0 Å². The highest BCUT2D eigenvalue weighted by Gasteiger charge is 1.94. The molecule has 0 aliphatic carbocycles. The number of allylic oxidation sites excluding steroid dienone is 2. The highest BCUT2D eigenvalue weighted by Crippen LogP contribution is 2.14. The van der Waals surface area contributed by atoms with Crippen LogP contribution in [-0.2, 0) is 0 Å². The normalized spacial score (nSPS) is 12.1. The third-order valence-corrected chi connectivity index (χ3v) is 4.42. The average molecular weight is 345 g/mol. The van der Waals surface area contributed by atoms with Gasteiger partial charge in [0.15, 0.2) is 0 Å². The van der Waals surface area contributed by atoms with E-state index in [2.05, 4.69) is 35.9 Å². The van der Waals surface area contributed by atoms with Crippen molar-refractivity contribution in [2.75, 3.05) is 5.33 Å². The highest BCUT2D eigenvalue weighted by molar-refractivity contribution is 9.09. The van der Waals surface area contributed by atoms with Crippen molar-refractivity contribution in [3.8, 4) is 0 Å². The molecule has 0 saturated carbocycles. The summed E-state index contributed by atoms with van der Waals surface area (Å²) < 4.78 is 0. The molecule has 0 radical (unpaired) electrons. The molecule has 0 aromatic rings. The Morgan fingerprint density at radius 2 is 1.10 bits per heavy atom. The summed E-state index contributed by atoms with van der Waals surface area (Å²) in [5, 5.41) is 1.01. The minimum atomic E-state index is 1.01. The Labute approximate surface area is 136 Å². The molecule has 0 unspecified atom stereocenters. The van der Waals surface area contributed by atoms with E-state index < -0.39 is 0 Å². The summed E-state index contributed by atoms with van der Waals surface area (Å²) in [6.07, 6.45) is 22.4. The van der Waals surface area contributed by atoms with Crippen LogP contribution in [0, 0.1) is 0 Å². The van der Waals surface area contributed by atoms with Crippen LogP contribution in [0.15, 0.2) is 11.6 Å². The molecule has 20 heavy (non-hydrogen) atoms. The first kappa shape index (κ1) is 20.2. The molecule has 0 atom stereocenters. The molecule has 0 heterocycles. The standard InChI is InChI=1S/C19H37Br/c1-3-4-5-6-7-8-9-10-11-12-13-14-15-16-19(2)17-18-20/h17H,3-16,18H2,1-2H3/b19-17+. The number of unbranched alkanes of at least 4 members (excludes halogenated alkanes) is 12. The first-order valence-corrected chi connectivity index (χ1v) is 10.1. The summed E-state index contributed by atoms with van der Waals surface area (Å²) in [7, 11) is 0. The maximum absolute atomic E-state index is 3.45. The van der Waals surface area contributed by atoms with Crippen LogP contribution in [0.4, 0.5) is 0 Å². The zero-order valence-electron chi connectivity index (χ0n) is 14.1. The smallest absolute Gasteiger partial charge is 0.0214 e. The first-order chi connectivity index (χ1) is 9.81. The Bertz CT molecular complexity index is 208. The van der Waals surface area contributed by atoms with Gasteiger partial charge in [0.25, 0.3) is 0 Å². The van der Waals surface area contributed by atoms with E-state index in [9.17, 15) is 0 Å². The predicted octanol–water partition coefficient (Wildman–Crippen LogP) is 7.81. The molecule has 0 aromatic heterocycles. The second-order valence-electron chi connectivity index (χ2n) is 6.20. The molecule has 0 spiro atoms. The molecule has 0 saturated heterocycles. The molecule has 0 rings (SSSR count). The fourth-order valence-corrected chi connectivity index (χ4v) is 3.21. The minimum Gasteiger partial charge on any atom is -0.0883 e. The monoisotopic (exact) mass is 344 g/mol. The van der Waals surface area contributed by atoms with Gasteiger partial charge in [-0.25, -0.2) is 0 Å². The van der Waals surface area contributed by atoms with Gasteiger partial charge in [0, 0.05) is 5.33 Å². The maximum atomic E-state index is 3.45. The fraction of sp³-hybridized carbons (Fsp3) is 0.895. The molecule has 0 fully saturated rings. The summed E-state index contributed by atoms with van der Waals surface area (Å²) in [5.41, 5.74) is 1.55. The second kappa shape index (κ2) is 17.3. The second-order valence-corrected chi connectivity index (χ2v) is 6.84. The summed E-state index contributed by atoms with van der Waals surface area (Å²) in [6.45, 7) is 4.54. The molecule has 0 amide bonds. The van der Waals surface area contributed by atoms with Crippen molar-refractivity contribution in [3.63, 3.8) is 0 Å². The maximum Gasteiger partial charge on any atom is 0.0214 e. The molecule has 0 aliphatic rings. The number of halogens is 1. The van der Waals surface area contributed by atoms with Crippen molar-refractivity contribution in [2.24, 2.45) is 0 Å². The Balaban J connectivity index is 3.04. The van der Waals surface area contributed by atoms with Crippen LogP contribution in [0.1, 0.15) is 104 Å². The van der Waals surface area contributed by atoms with Gasteiger partial charge >= 0.3 is 0 Å². The van der Waals surface area contributed by atoms with Crippen LogP contribution < -0.4 is 0 Å². The zero-order chi connectivity index (χ0) is 14.9. The molecule has 1 heteroatoms. The topological polar surface area (TPSA) is 0 Å². The van der Waals surface area contributed by atoms with Crippen molar-refractivity contribution in [1.29, 1.82) is 0 Å². The lowest BCUT2D eigenvalue weighted by molar-refractivity contribution is 0.539. The molecule has 0 bridgehead atoms. The molecular weight excluding hydrogens is 308 g/mol. The Morgan fingerprint density at radius 1 is 0.700 bits per heavy atom. The van der Waals surface area contributed by atoms with Crippen molar-refractivity contribution in [2.45, 2.75) is 104 Å².